The lowest BCUT2D eigenvalue weighted by Gasteiger charge is -2.27. The summed E-state index contributed by atoms with van der Waals surface area (Å²) in [6, 6.07) is 0. The van der Waals surface area contributed by atoms with Gasteiger partial charge in [-0.25, -0.2) is 0 Å². The van der Waals surface area contributed by atoms with Crippen molar-refractivity contribution in [1.82, 2.24) is 5.32 Å². The van der Waals surface area contributed by atoms with Crippen LogP contribution in [0.5, 0.6) is 0 Å². The van der Waals surface area contributed by atoms with Crippen LogP contribution in [0, 0.1) is 0 Å². The molecule has 1 aliphatic carbocycles. The van der Waals surface area contributed by atoms with Gasteiger partial charge in [0.1, 0.15) is 0 Å². The van der Waals surface area contributed by atoms with E-state index in [1.807, 2.05) is 0 Å². The highest BCUT2D eigenvalue weighted by atomic mass is 16.5. The topological polar surface area (TPSA) is 41.5 Å². The van der Waals surface area contributed by atoms with E-state index in [1.165, 1.54) is 38.5 Å². The minimum atomic E-state index is -0.0689. The third-order valence-corrected chi connectivity index (χ3v) is 4.27. The first kappa shape index (κ1) is 16.9. The molecule has 0 radical (unpaired) electrons. The second-order valence-electron chi connectivity index (χ2n) is 5.97. The van der Waals surface area contributed by atoms with E-state index >= 15 is 0 Å². The first-order valence-corrected chi connectivity index (χ1v) is 8.24. The summed E-state index contributed by atoms with van der Waals surface area (Å²) in [5.74, 6) is 0. The van der Waals surface area contributed by atoms with Crippen molar-refractivity contribution >= 4 is 0 Å². The Morgan fingerprint density at radius 1 is 1.16 bits per heavy atom. The van der Waals surface area contributed by atoms with Crippen molar-refractivity contribution in [3.05, 3.63) is 0 Å². The van der Waals surface area contributed by atoms with Crippen LogP contribution in [0.2, 0.25) is 0 Å². The molecule has 3 heteroatoms. The van der Waals surface area contributed by atoms with Crippen LogP contribution >= 0.6 is 0 Å². The molecular formula is C16H33NO2. The maximum Gasteiger partial charge on any atom is 0.0614 e. The molecule has 114 valence electrons. The van der Waals surface area contributed by atoms with E-state index in [1.54, 1.807) is 0 Å². The minimum Gasteiger partial charge on any atom is -0.394 e. The first-order valence-electron chi connectivity index (χ1n) is 8.24. The van der Waals surface area contributed by atoms with Crippen molar-refractivity contribution in [3.63, 3.8) is 0 Å². The molecule has 0 bridgehead atoms. The number of likely N-dealkylation sites (N-methyl/N-ethyl adjacent to an activating group) is 1. The Hall–Kier alpha value is -0.120. The molecule has 1 fully saturated rings. The standard InChI is InChI=1S/C16H33NO2/c1-3-5-6-7-8-9-12-19-15-10-11-16(13-15,14-18)17-4-2/h15,17-18H,3-14H2,1-2H3. The molecule has 0 heterocycles. The normalized spacial score (nSPS) is 27.0. The van der Waals surface area contributed by atoms with Gasteiger partial charge >= 0.3 is 0 Å². The van der Waals surface area contributed by atoms with E-state index in [4.69, 9.17) is 4.74 Å². The monoisotopic (exact) mass is 271 g/mol. The average Bonchev–Trinajstić information content (AvgIpc) is 2.82. The number of aliphatic hydroxyl groups is 1. The van der Waals surface area contributed by atoms with Crippen LogP contribution in [0.15, 0.2) is 0 Å². The molecule has 0 spiro atoms. The number of aliphatic hydroxyl groups excluding tert-OH is 1. The zero-order valence-corrected chi connectivity index (χ0v) is 12.9. The molecular weight excluding hydrogens is 238 g/mol. The number of ether oxygens (including phenoxy) is 1. The number of hydrogen-bond donors (Lipinski definition) is 2. The molecule has 0 aromatic carbocycles. The fourth-order valence-corrected chi connectivity index (χ4v) is 3.09. The van der Waals surface area contributed by atoms with Crippen LogP contribution in [0.25, 0.3) is 0 Å². The van der Waals surface area contributed by atoms with Gasteiger partial charge in [0.15, 0.2) is 0 Å². The van der Waals surface area contributed by atoms with Crippen molar-refractivity contribution in [3.8, 4) is 0 Å². The zero-order valence-electron chi connectivity index (χ0n) is 12.9. The fraction of sp³-hybridized carbons (Fsp3) is 1.00. The molecule has 0 saturated heterocycles. The first-order chi connectivity index (χ1) is 9.26. The van der Waals surface area contributed by atoms with Gasteiger partial charge < -0.3 is 15.2 Å². The van der Waals surface area contributed by atoms with Crippen molar-refractivity contribution in [1.29, 1.82) is 0 Å². The molecule has 1 rings (SSSR count). The van der Waals surface area contributed by atoms with Gasteiger partial charge in [-0.05, 0) is 32.2 Å². The quantitative estimate of drug-likeness (QED) is 0.567. The molecule has 0 aromatic rings. The zero-order chi connectivity index (χ0) is 14.0. The van der Waals surface area contributed by atoms with Crippen molar-refractivity contribution < 1.29 is 9.84 Å². The van der Waals surface area contributed by atoms with E-state index in [0.717, 1.165) is 32.4 Å². The molecule has 2 atom stereocenters. The van der Waals surface area contributed by atoms with Gasteiger partial charge in [0.2, 0.25) is 0 Å². The highest BCUT2D eigenvalue weighted by molar-refractivity contribution is 4.96. The molecule has 0 aromatic heterocycles. The number of nitrogens with one attached hydrogen (secondary N) is 1. The lowest BCUT2D eigenvalue weighted by Crippen LogP contribution is -2.46. The molecule has 1 aliphatic rings. The number of unbranched alkanes of at least 4 members (excludes halogenated alkanes) is 5. The third-order valence-electron chi connectivity index (χ3n) is 4.27. The Bertz CT molecular complexity index is 223. The molecule has 2 unspecified atom stereocenters. The lowest BCUT2D eigenvalue weighted by atomic mass is 9.99. The second kappa shape index (κ2) is 9.73. The highest BCUT2D eigenvalue weighted by Gasteiger charge is 2.38. The average molecular weight is 271 g/mol. The van der Waals surface area contributed by atoms with Crippen molar-refractivity contribution in [2.24, 2.45) is 0 Å². The van der Waals surface area contributed by atoms with Crippen LogP contribution < -0.4 is 5.32 Å². The maximum atomic E-state index is 9.54. The Morgan fingerprint density at radius 2 is 1.89 bits per heavy atom. The smallest absolute Gasteiger partial charge is 0.0614 e. The van der Waals surface area contributed by atoms with E-state index in [0.29, 0.717) is 6.10 Å². The summed E-state index contributed by atoms with van der Waals surface area (Å²) in [5, 5.41) is 13.0. The third kappa shape index (κ3) is 6.24. The number of hydrogen-bond acceptors (Lipinski definition) is 3. The predicted molar refractivity (Wildman–Crippen MR) is 80.5 cm³/mol. The summed E-state index contributed by atoms with van der Waals surface area (Å²) < 4.78 is 5.96. The van der Waals surface area contributed by atoms with Crippen molar-refractivity contribution in [2.45, 2.75) is 83.3 Å². The second-order valence-corrected chi connectivity index (χ2v) is 5.97. The molecule has 1 saturated carbocycles. The molecule has 19 heavy (non-hydrogen) atoms. The van der Waals surface area contributed by atoms with Crippen LogP contribution in [0.3, 0.4) is 0 Å². The SMILES string of the molecule is CCCCCCCCOC1CCC(CO)(NCC)C1. The molecule has 3 nitrogen and oxygen atoms in total. The summed E-state index contributed by atoms with van der Waals surface area (Å²) in [7, 11) is 0. The van der Waals surface area contributed by atoms with Gasteiger partial charge in [0, 0.05) is 12.1 Å². The highest BCUT2D eigenvalue weighted by Crippen LogP contribution is 2.31. The van der Waals surface area contributed by atoms with Crippen LogP contribution in [-0.4, -0.2) is 36.5 Å². The fourth-order valence-electron chi connectivity index (χ4n) is 3.09. The summed E-state index contributed by atoms with van der Waals surface area (Å²) in [6.45, 7) is 6.40. The van der Waals surface area contributed by atoms with Gasteiger partial charge in [-0.3, -0.25) is 0 Å². The van der Waals surface area contributed by atoms with Crippen LogP contribution in [-0.2, 0) is 4.74 Å². The maximum absolute atomic E-state index is 9.54. The molecule has 2 N–H and O–H groups in total. The summed E-state index contributed by atoms with van der Waals surface area (Å²) >= 11 is 0. The summed E-state index contributed by atoms with van der Waals surface area (Å²) in [5.41, 5.74) is -0.0689. The van der Waals surface area contributed by atoms with Gasteiger partial charge in [-0.1, -0.05) is 46.0 Å². The Kier molecular flexibility index (Phi) is 8.67. The van der Waals surface area contributed by atoms with E-state index in [9.17, 15) is 5.11 Å². The summed E-state index contributed by atoms with van der Waals surface area (Å²) in [6.07, 6.45) is 11.3. The van der Waals surface area contributed by atoms with Crippen LogP contribution in [0.1, 0.15) is 71.6 Å². The van der Waals surface area contributed by atoms with Gasteiger partial charge in [0.05, 0.1) is 12.7 Å². The Morgan fingerprint density at radius 3 is 2.58 bits per heavy atom. The Labute approximate surface area is 119 Å². The summed E-state index contributed by atoms with van der Waals surface area (Å²) in [4.78, 5) is 0. The number of rotatable bonds is 11. The predicted octanol–water partition coefficient (Wildman–Crippen LogP) is 3.26. The van der Waals surface area contributed by atoms with E-state index < -0.39 is 0 Å². The van der Waals surface area contributed by atoms with E-state index in [2.05, 4.69) is 19.2 Å². The van der Waals surface area contributed by atoms with E-state index in [-0.39, 0.29) is 12.1 Å². The van der Waals surface area contributed by atoms with Crippen LogP contribution in [0.4, 0.5) is 0 Å². The minimum absolute atomic E-state index is 0.0689. The van der Waals surface area contributed by atoms with Gasteiger partial charge in [0.25, 0.3) is 0 Å². The van der Waals surface area contributed by atoms with Crippen molar-refractivity contribution in [2.75, 3.05) is 19.8 Å². The molecule has 0 aliphatic heterocycles. The van der Waals surface area contributed by atoms with Gasteiger partial charge in [-0.15, -0.1) is 0 Å². The molecule has 0 amide bonds. The Balaban J connectivity index is 2.05. The van der Waals surface area contributed by atoms with Gasteiger partial charge in [-0.2, -0.15) is 0 Å². The largest absolute Gasteiger partial charge is 0.394 e. The lowest BCUT2D eigenvalue weighted by molar-refractivity contribution is 0.0446.